The fourth-order valence-electron chi connectivity index (χ4n) is 3.05. The zero-order valence-corrected chi connectivity index (χ0v) is 20.2. The summed E-state index contributed by atoms with van der Waals surface area (Å²) in [4.78, 5) is 27.2. The monoisotopic (exact) mass is 450 g/mol. The van der Waals surface area contributed by atoms with Crippen molar-refractivity contribution in [1.29, 1.82) is 0 Å². The van der Waals surface area contributed by atoms with E-state index in [0.717, 1.165) is 36.3 Å². The second kappa shape index (κ2) is 13.0. The summed E-state index contributed by atoms with van der Waals surface area (Å²) in [5.74, 6) is 1.66. The van der Waals surface area contributed by atoms with Crippen LogP contribution in [0.5, 0.6) is 5.75 Å². The molecule has 1 heterocycles. The molecule has 1 aromatic carbocycles. The van der Waals surface area contributed by atoms with Crippen molar-refractivity contribution in [3.05, 3.63) is 53.7 Å². The Morgan fingerprint density at radius 2 is 1.88 bits per heavy atom. The third-order valence-electron chi connectivity index (χ3n) is 4.90. The minimum atomic E-state index is -0.304. The van der Waals surface area contributed by atoms with Gasteiger partial charge in [-0.2, -0.15) is 0 Å². The molecule has 0 aliphatic carbocycles. The van der Waals surface area contributed by atoms with Crippen LogP contribution in [0.2, 0.25) is 0 Å². The van der Waals surface area contributed by atoms with Gasteiger partial charge in [0, 0.05) is 32.6 Å². The molecule has 0 atom stereocenters. The maximum absolute atomic E-state index is 12.3. The first-order valence-electron chi connectivity index (χ1n) is 10.9. The number of rotatable bonds is 11. The molecule has 0 radical (unpaired) electrons. The average Bonchev–Trinajstić information content (AvgIpc) is 2.79. The van der Waals surface area contributed by atoms with Crippen LogP contribution in [0.3, 0.4) is 0 Å². The number of nitrogens with one attached hydrogen (secondary N) is 2. The lowest BCUT2D eigenvalue weighted by molar-refractivity contribution is 0.252. The molecule has 0 saturated heterocycles. The molecule has 8 heteroatoms. The average molecular weight is 451 g/mol. The van der Waals surface area contributed by atoms with E-state index in [0.29, 0.717) is 23.9 Å². The smallest absolute Gasteiger partial charge is 0.320 e. The van der Waals surface area contributed by atoms with Crippen LogP contribution >= 0.6 is 0 Å². The van der Waals surface area contributed by atoms with E-state index >= 15 is 0 Å². The van der Waals surface area contributed by atoms with E-state index in [1.807, 2.05) is 51.2 Å². The molecule has 0 saturated carbocycles. The Bertz CT molecular complexity index is 996. The Morgan fingerprint density at radius 3 is 2.52 bits per heavy atom. The molecular weight excluding hydrogens is 416 g/mol. The molecule has 33 heavy (non-hydrogen) atoms. The Morgan fingerprint density at radius 1 is 1.15 bits per heavy atom. The fraction of sp³-hybridized carbons (Fsp3) is 0.360. The number of carbonyl (C=O) groups is 1. The van der Waals surface area contributed by atoms with Crippen molar-refractivity contribution in [3.8, 4) is 5.75 Å². The number of aromatic nitrogens is 1. The molecule has 1 aromatic heterocycles. The van der Waals surface area contributed by atoms with Crippen LogP contribution in [0.4, 0.5) is 22.1 Å². The molecule has 0 aliphatic heterocycles. The van der Waals surface area contributed by atoms with E-state index in [1.165, 1.54) is 5.56 Å². The second-order valence-electron chi connectivity index (χ2n) is 7.86. The van der Waals surface area contributed by atoms with Gasteiger partial charge < -0.3 is 15.0 Å². The number of hydrogen-bond acceptors (Lipinski definition) is 6. The second-order valence-corrected chi connectivity index (χ2v) is 7.86. The number of aryl methyl sites for hydroxylation is 1. The SMILES string of the molecule is C=Nc1ccc(NC(=O)NCCCCc2ccc(OC)cc2)nc1N=C(C)C(C)=CN(C)C. The van der Waals surface area contributed by atoms with Gasteiger partial charge in [-0.1, -0.05) is 12.1 Å². The van der Waals surface area contributed by atoms with Crippen molar-refractivity contribution in [2.45, 2.75) is 33.1 Å². The Hall–Kier alpha value is -3.68. The number of hydrogen-bond donors (Lipinski definition) is 2. The number of urea groups is 1. The largest absolute Gasteiger partial charge is 0.497 e. The van der Waals surface area contributed by atoms with Crippen LogP contribution in [-0.2, 0) is 6.42 Å². The van der Waals surface area contributed by atoms with Gasteiger partial charge in [0.05, 0.1) is 7.11 Å². The number of methoxy groups -OCH3 is 1. The normalized spacial score (nSPS) is 11.7. The van der Waals surface area contributed by atoms with Gasteiger partial charge in [0.25, 0.3) is 0 Å². The molecular formula is C25H34N6O2. The van der Waals surface area contributed by atoms with Crippen molar-refractivity contribution in [2.75, 3.05) is 33.1 Å². The Balaban J connectivity index is 1.88. The maximum atomic E-state index is 12.3. The summed E-state index contributed by atoms with van der Waals surface area (Å²) >= 11 is 0. The van der Waals surface area contributed by atoms with Gasteiger partial charge in [-0.25, -0.2) is 14.8 Å². The van der Waals surface area contributed by atoms with Gasteiger partial charge in [0.15, 0.2) is 5.82 Å². The van der Waals surface area contributed by atoms with Crippen LogP contribution in [-0.4, -0.2) is 56.1 Å². The standard InChI is InChI=1S/C25H34N6O2/c1-18(17-31(4)5)19(2)28-24-22(26-3)14-15-23(29-24)30-25(32)27-16-8-7-9-20-10-12-21(33-6)13-11-20/h10-15,17H,3,7-9,16H2,1-2,4-6H3,(H2,27,29,30,32). The predicted molar refractivity (Wildman–Crippen MR) is 137 cm³/mol. The van der Waals surface area contributed by atoms with Crippen molar-refractivity contribution < 1.29 is 9.53 Å². The summed E-state index contributed by atoms with van der Waals surface area (Å²) in [6.45, 7) is 8.04. The number of nitrogens with zero attached hydrogens (tertiary/aromatic N) is 4. The quantitative estimate of drug-likeness (QED) is 0.367. The number of aliphatic imine (C=N–C) groups is 2. The molecule has 0 unspecified atom stereocenters. The molecule has 0 bridgehead atoms. The molecule has 2 aromatic rings. The maximum Gasteiger partial charge on any atom is 0.320 e. The minimum Gasteiger partial charge on any atom is -0.497 e. The number of anilines is 1. The Labute approximate surface area is 196 Å². The van der Waals surface area contributed by atoms with Gasteiger partial charge in [0.1, 0.15) is 17.3 Å². The molecule has 2 amide bonds. The first-order chi connectivity index (χ1) is 15.8. The third kappa shape index (κ3) is 8.76. The van der Waals surface area contributed by atoms with Crippen molar-refractivity contribution in [2.24, 2.45) is 9.98 Å². The van der Waals surface area contributed by atoms with E-state index in [9.17, 15) is 4.79 Å². The van der Waals surface area contributed by atoms with Crippen molar-refractivity contribution >= 4 is 35.8 Å². The van der Waals surface area contributed by atoms with Crippen LogP contribution < -0.4 is 15.4 Å². The van der Waals surface area contributed by atoms with Gasteiger partial charge in [-0.15, -0.1) is 0 Å². The van der Waals surface area contributed by atoms with Crippen molar-refractivity contribution in [1.82, 2.24) is 15.2 Å². The number of pyridine rings is 1. The number of amides is 2. The van der Waals surface area contributed by atoms with Gasteiger partial charge in [-0.3, -0.25) is 10.3 Å². The van der Waals surface area contributed by atoms with Gasteiger partial charge in [-0.05, 0) is 75.2 Å². The lowest BCUT2D eigenvalue weighted by atomic mass is 10.1. The first-order valence-corrected chi connectivity index (χ1v) is 10.9. The molecule has 176 valence electrons. The highest BCUT2D eigenvalue weighted by molar-refractivity contribution is 5.99. The molecule has 2 rings (SSSR count). The zero-order valence-electron chi connectivity index (χ0n) is 20.2. The minimum absolute atomic E-state index is 0.304. The predicted octanol–water partition coefficient (Wildman–Crippen LogP) is 5.12. The first kappa shape index (κ1) is 25.6. The molecule has 0 fully saturated rings. The topological polar surface area (TPSA) is 91.2 Å². The summed E-state index contributed by atoms with van der Waals surface area (Å²) in [6, 6.07) is 11.2. The van der Waals surface area contributed by atoms with Crippen molar-refractivity contribution in [3.63, 3.8) is 0 Å². The van der Waals surface area contributed by atoms with E-state index in [4.69, 9.17) is 4.74 Å². The summed E-state index contributed by atoms with van der Waals surface area (Å²) in [7, 11) is 5.56. The Kier molecular flexibility index (Phi) is 10.1. The third-order valence-corrected chi connectivity index (χ3v) is 4.90. The number of unbranched alkanes of at least 4 members (excludes halogenated alkanes) is 1. The molecule has 2 N–H and O–H groups in total. The van der Waals surface area contributed by atoms with Crippen LogP contribution in [0, 0.1) is 0 Å². The highest BCUT2D eigenvalue weighted by Crippen LogP contribution is 2.27. The van der Waals surface area contributed by atoms with Gasteiger partial charge >= 0.3 is 6.03 Å². The lowest BCUT2D eigenvalue weighted by Crippen LogP contribution is -2.29. The highest BCUT2D eigenvalue weighted by atomic mass is 16.5. The number of allylic oxidation sites excluding steroid dienone is 1. The highest BCUT2D eigenvalue weighted by Gasteiger charge is 2.08. The number of ether oxygens (including phenoxy) is 1. The van der Waals surface area contributed by atoms with Crippen LogP contribution in [0.15, 0.2) is 58.2 Å². The summed E-state index contributed by atoms with van der Waals surface area (Å²) in [5.41, 5.74) is 3.61. The summed E-state index contributed by atoms with van der Waals surface area (Å²) < 4.78 is 5.17. The fourth-order valence-corrected chi connectivity index (χ4v) is 3.05. The zero-order chi connectivity index (χ0) is 24.2. The number of carbonyl (C=O) groups excluding carboxylic acids is 1. The van der Waals surface area contributed by atoms with Crippen LogP contribution in [0.25, 0.3) is 0 Å². The van der Waals surface area contributed by atoms with E-state index in [1.54, 1.807) is 19.2 Å². The lowest BCUT2D eigenvalue weighted by Gasteiger charge is -2.10. The molecule has 0 aliphatic rings. The van der Waals surface area contributed by atoms with E-state index < -0.39 is 0 Å². The molecule has 8 nitrogen and oxygen atoms in total. The van der Waals surface area contributed by atoms with E-state index in [-0.39, 0.29) is 6.03 Å². The summed E-state index contributed by atoms with van der Waals surface area (Å²) in [5, 5.41) is 5.63. The summed E-state index contributed by atoms with van der Waals surface area (Å²) in [6.07, 6.45) is 4.78. The molecule has 0 spiro atoms. The number of benzene rings is 1. The van der Waals surface area contributed by atoms with E-state index in [2.05, 4.69) is 44.5 Å². The van der Waals surface area contributed by atoms with Crippen LogP contribution in [0.1, 0.15) is 32.3 Å². The van der Waals surface area contributed by atoms with Gasteiger partial charge in [0.2, 0.25) is 0 Å².